The minimum Gasteiger partial charge on any atom is -0.0895 e. The first-order valence-corrected chi connectivity index (χ1v) is 4.03. The smallest absolute Gasteiger partial charge is 0.0141 e. The van der Waals surface area contributed by atoms with E-state index in [-0.39, 0.29) is 0 Å². The highest BCUT2D eigenvalue weighted by molar-refractivity contribution is 6.29. The molecule has 0 N–H and O–H groups in total. The predicted octanol–water partition coefficient (Wildman–Crippen LogP) is 3.71. The van der Waals surface area contributed by atoms with Crippen LogP contribution in [0.3, 0.4) is 0 Å². The van der Waals surface area contributed by atoms with Gasteiger partial charge in [0.25, 0.3) is 0 Å². The lowest BCUT2D eigenvalue weighted by Crippen LogP contribution is -1.71. The minimum absolute atomic E-state index is 1.03. The van der Waals surface area contributed by atoms with Crippen LogP contribution in [-0.4, -0.2) is 0 Å². The monoisotopic (exact) mass is 146 g/mol. The Kier molecular flexibility index (Phi) is 6.18. The molecule has 0 bridgehead atoms. The molecule has 0 radical (unpaired) electrons. The van der Waals surface area contributed by atoms with Crippen molar-refractivity contribution < 1.29 is 0 Å². The van der Waals surface area contributed by atoms with Crippen LogP contribution in [0.15, 0.2) is 11.1 Å². The topological polar surface area (TPSA) is 0 Å². The predicted molar refractivity (Wildman–Crippen MR) is 43.8 cm³/mol. The molecule has 0 atom stereocenters. The van der Waals surface area contributed by atoms with Crippen LogP contribution in [0.25, 0.3) is 0 Å². The largest absolute Gasteiger partial charge is 0.0895 e. The van der Waals surface area contributed by atoms with Gasteiger partial charge in [-0.3, -0.25) is 0 Å². The van der Waals surface area contributed by atoms with E-state index in [2.05, 4.69) is 19.9 Å². The van der Waals surface area contributed by atoms with Crippen molar-refractivity contribution >= 4 is 11.6 Å². The van der Waals surface area contributed by atoms with Crippen molar-refractivity contribution in [1.29, 1.82) is 0 Å². The molecule has 0 aromatic heterocycles. The van der Waals surface area contributed by atoms with Crippen LogP contribution in [-0.2, 0) is 0 Å². The fourth-order valence-electron chi connectivity index (χ4n) is 0.642. The van der Waals surface area contributed by atoms with Crippen LogP contribution in [0.2, 0.25) is 0 Å². The maximum absolute atomic E-state index is 5.82. The lowest BCUT2D eigenvalue weighted by Gasteiger charge is -1.92. The van der Waals surface area contributed by atoms with E-state index in [0.717, 1.165) is 24.3 Å². The molecule has 0 saturated heterocycles. The van der Waals surface area contributed by atoms with E-state index >= 15 is 0 Å². The molecule has 0 spiro atoms. The Morgan fingerprint density at radius 1 is 1.33 bits per heavy atom. The molecule has 0 saturated carbocycles. The van der Waals surface area contributed by atoms with E-state index in [1.807, 2.05) is 0 Å². The average Bonchev–Trinajstić information content (AvgIpc) is 1.85. The van der Waals surface area contributed by atoms with Crippen molar-refractivity contribution in [2.75, 3.05) is 0 Å². The first kappa shape index (κ1) is 9.03. The van der Waals surface area contributed by atoms with Gasteiger partial charge in [-0.05, 0) is 12.8 Å². The summed E-state index contributed by atoms with van der Waals surface area (Å²) >= 11 is 5.82. The van der Waals surface area contributed by atoms with E-state index in [9.17, 15) is 0 Å². The van der Waals surface area contributed by atoms with Gasteiger partial charge in [0.1, 0.15) is 0 Å². The first-order chi connectivity index (χ1) is 4.31. The van der Waals surface area contributed by atoms with Crippen LogP contribution in [0.5, 0.6) is 0 Å². The second-order valence-electron chi connectivity index (χ2n) is 2.19. The zero-order chi connectivity index (χ0) is 7.11. The van der Waals surface area contributed by atoms with Crippen molar-refractivity contribution in [1.82, 2.24) is 0 Å². The van der Waals surface area contributed by atoms with Crippen molar-refractivity contribution in [3.8, 4) is 0 Å². The summed E-state index contributed by atoms with van der Waals surface area (Å²) in [6, 6.07) is 0. The van der Waals surface area contributed by atoms with Gasteiger partial charge in [0.05, 0.1) is 0 Å². The third-order valence-corrected chi connectivity index (χ3v) is 1.49. The molecule has 54 valence electrons. The highest BCUT2D eigenvalue weighted by Gasteiger charge is 1.86. The Bertz CT molecular complexity index is 84.6. The van der Waals surface area contributed by atoms with Gasteiger partial charge in [-0.25, -0.2) is 0 Å². The van der Waals surface area contributed by atoms with Gasteiger partial charge in [0, 0.05) is 5.03 Å². The van der Waals surface area contributed by atoms with Crippen molar-refractivity contribution in [3.63, 3.8) is 0 Å². The summed E-state index contributed by atoms with van der Waals surface area (Å²) < 4.78 is 0. The maximum Gasteiger partial charge on any atom is 0.0141 e. The maximum atomic E-state index is 5.82. The lowest BCUT2D eigenvalue weighted by atomic mass is 10.2. The van der Waals surface area contributed by atoms with Crippen LogP contribution in [0, 0.1) is 0 Å². The molecule has 0 aliphatic rings. The van der Waals surface area contributed by atoms with Crippen LogP contribution < -0.4 is 0 Å². The number of allylic oxidation sites excluding steroid dienone is 2. The summed E-state index contributed by atoms with van der Waals surface area (Å²) in [5, 5.41) is 1.03. The molecule has 1 heteroatoms. The van der Waals surface area contributed by atoms with Gasteiger partial charge in [0.15, 0.2) is 0 Å². The molecular formula is C8H15Cl. The Labute approximate surface area is 62.9 Å². The van der Waals surface area contributed by atoms with Crippen LogP contribution in [0.4, 0.5) is 0 Å². The number of halogens is 1. The van der Waals surface area contributed by atoms with Crippen molar-refractivity contribution in [3.05, 3.63) is 11.1 Å². The summed E-state index contributed by atoms with van der Waals surface area (Å²) in [6.45, 7) is 4.30. The normalized spacial score (nSPS) is 12.1. The Morgan fingerprint density at radius 3 is 2.44 bits per heavy atom. The van der Waals surface area contributed by atoms with Crippen LogP contribution in [0.1, 0.15) is 39.5 Å². The zero-order valence-corrected chi connectivity index (χ0v) is 7.04. The number of rotatable bonds is 4. The van der Waals surface area contributed by atoms with Gasteiger partial charge in [-0.2, -0.15) is 0 Å². The van der Waals surface area contributed by atoms with E-state index in [1.54, 1.807) is 0 Å². The fourth-order valence-corrected chi connectivity index (χ4v) is 0.940. The summed E-state index contributed by atoms with van der Waals surface area (Å²) in [5.41, 5.74) is 0. The molecule has 0 nitrogen and oxygen atoms in total. The summed E-state index contributed by atoms with van der Waals surface area (Å²) in [4.78, 5) is 0. The van der Waals surface area contributed by atoms with E-state index < -0.39 is 0 Å². The van der Waals surface area contributed by atoms with E-state index in [1.165, 1.54) is 6.42 Å². The van der Waals surface area contributed by atoms with Crippen molar-refractivity contribution in [2.24, 2.45) is 0 Å². The molecule has 0 aliphatic heterocycles. The molecule has 0 fully saturated rings. The van der Waals surface area contributed by atoms with Gasteiger partial charge in [-0.1, -0.05) is 44.4 Å². The summed E-state index contributed by atoms with van der Waals surface area (Å²) in [6.07, 6.45) is 6.63. The Morgan fingerprint density at radius 2 is 2.00 bits per heavy atom. The molecule has 0 aromatic carbocycles. The Balaban J connectivity index is 3.30. The summed E-state index contributed by atoms with van der Waals surface area (Å²) in [7, 11) is 0. The number of hydrogen-bond donors (Lipinski definition) is 0. The highest BCUT2D eigenvalue weighted by atomic mass is 35.5. The second kappa shape index (κ2) is 6.15. The molecule has 0 amide bonds. The molecule has 0 unspecified atom stereocenters. The number of hydrogen-bond acceptors (Lipinski definition) is 0. The molecule has 0 rings (SSSR count). The van der Waals surface area contributed by atoms with Crippen LogP contribution >= 0.6 is 11.6 Å². The van der Waals surface area contributed by atoms with Gasteiger partial charge in [0.2, 0.25) is 0 Å². The summed E-state index contributed by atoms with van der Waals surface area (Å²) in [5.74, 6) is 0. The average molecular weight is 147 g/mol. The fraction of sp³-hybridized carbons (Fsp3) is 0.750. The molecule has 0 heterocycles. The van der Waals surface area contributed by atoms with Gasteiger partial charge < -0.3 is 0 Å². The zero-order valence-electron chi connectivity index (χ0n) is 6.28. The van der Waals surface area contributed by atoms with Gasteiger partial charge >= 0.3 is 0 Å². The second-order valence-corrected chi connectivity index (χ2v) is 2.68. The molecule has 9 heavy (non-hydrogen) atoms. The highest BCUT2D eigenvalue weighted by Crippen LogP contribution is 2.10. The third-order valence-electron chi connectivity index (χ3n) is 1.14. The van der Waals surface area contributed by atoms with E-state index in [0.29, 0.717) is 0 Å². The molecule has 0 aliphatic carbocycles. The van der Waals surface area contributed by atoms with E-state index in [4.69, 9.17) is 11.6 Å². The first-order valence-electron chi connectivity index (χ1n) is 3.65. The van der Waals surface area contributed by atoms with Gasteiger partial charge in [-0.15, -0.1) is 0 Å². The molecule has 0 aromatic rings. The standard InChI is InChI=1S/C8H15Cl/c1-3-5-7-8(9)6-4-2/h7H,3-6H2,1-2H3/b8-7-. The Hall–Kier alpha value is 0.0300. The number of unbranched alkanes of at least 4 members (excludes halogenated alkanes) is 1. The SMILES string of the molecule is CCC/C=C(\Cl)CCC. The van der Waals surface area contributed by atoms with Crippen molar-refractivity contribution in [2.45, 2.75) is 39.5 Å². The minimum atomic E-state index is 1.03. The molecular weight excluding hydrogens is 132 g/mol. The lowest BCUT2D eigenvalue weighted by molar-refractivity contribution is 0.910. The quantitative estimate of drug-likeness (QED) is 0.567. The third kappa shape index (κ3) is 5.91.